The zero-order chi connectivity index (χ0) is 11.2. The largest absolute Gasteiger partial charge is 0.370 e. The molecule has 0 aromatic carbocycles. The van der Waals surface area contributed by atoms with Gasteiger partial charge in [-0.15, -0.1) is 24.0 Å². The summed E-state index contributed by atoms with van der Waals surface area (Å²) in [5.41, 5.74) is 5.90. The first-order chi connectivity index (χ1) is 7.84. The average Bonchev–Trinajstić information content (AvgIpc) is 2.81. The van der Waals surface area contributed by atoms with Crippen LogP contribution in [0.25, 0.3) is 0 Å². The Kier molecular flexibility index (Phi) is 7.66. The summed E-state index contributed by atoms with van der Waals surface area (Å²) in [6, 6.07) is 0.587. The Morgan fingerprint density at radius 2 is 2.00 bits per heavy atom. The van der Waals surface area contributed by atoms with Crippen LogP contribution < -0.4 is 11.1 Å². The Labute approximate surface area is 126 Å². The molecule has 1 saturated heterocycles. The SMILES string of the molecule is I.NC(=NCC1CCCSC1)NC1CCCC1. The number of thioether (sulfide) groups is 1. The molecule has 0 amide bonds. The van der Waals surface area contributed by atoms with Gasteiger partial charge in [0.15, 0.2) is 5.96 Å². The molecule has 1 unspecified atom stereocenters. The molecular formula is C12H24IN3S. The number of halogens is 1. The van der Waals surface area contributed by atoms with Gasteiger partial charge < -0.3 is 11.1 Å². The van der Waals surface area contributed by atoms with E-state index in [1.54, 1.807) is 0 Å². The van der Waals surface area contributed by atoms with Crippen molar-refractivity contribution in [3.63, 3.8) is 0 Å². The van der Waals surface area contributed by atoms with Gasteiger partial charge in [-0.1, -0.05) is 12.8 Å². The molecule has 0 aromatic heterocycles. The molecule has 1 aliphatic heterocycles. The second-order valence-electron chi connectivity index (χ2n) is 4.93. The maximum atomic E-state index is 5.90. The number of hydrogen-bond acceptors (Lipinski definition) is 2. The molecule has 0 spiro atoms. The fraction of sp³-hybridized carbons (Fsp3) is 0.917. The van der Waals surface area contributed by atoms with Crippen LogP contribution in [0.1, 0.15) is 38.5 Å². The summed E-state index contributed by atoms with van der Waals surface area (Å²) in [5, 5.41) is 3.34. The summed E-state index contributed by atoms with van der Waals surface area (Å²) in [4.78, 5) is 4.48. The highest BCUT2D eigenvalue weighted by molar-refractivity contribution is 14.0. The predicted octanol–water partition coefficient (Wildman–Crippen LogP) is 2.59. The number of aliphatic imine (C=N–C) groups is 1. The first kappa shape index (κ1) is 15.4. The third kappa shape index (κ3) is 5.68. The number of nitrogens with two attached hydrogens (primary N) is 1. The quantitative estimate of drug-likeness (QED) is 0.457. The van der Waals surface area contributed by atoms with E-state index in [9.17, 15) is 0 Å². The van der Waals surface area contributed by atoms with Crippen molar-refractivity contribution in [1.29, 1.82) is 0 Å². The smallest absolute Gasteiger partial charge is 0.188 e. The van der Waals surface area contributed by atoms with E-state index in [-0.39, 0.29) is 24.0 Å². The third-order valence-corrected chi connectivity index (χ3v) is 4.77. The van der Waals surface area contributed by atoms with Gasteiger partial charge in [-0.3, -0.25) is 4.99 Å². The van der Waals surface area contributed by atoms with Crippen LogP contribution in [0.15, 0.2) is 4.99 Å². The Hall–Kier alpha value is 0.350. The monoisotopic (exact) mass is 369 g/mol. The summed E-state index contributed by atoms with van der Waals surface area (Å²) >= 11 is 2.06. The van der Waals surface area contributed by atoms with Crippen molar-refractivity contribution in [2.45, 2.75) is 44.6 Å². The number of guanidine groups is 1. The summed E-state index contributed by atoms with van der Waals surface area (Å²) in [6.07, 6.45) is 7.87. The van der Waals surface area contributed by atoms with Crippen molar-refractivity contribution in [3.05, 3.63) is 0 Å². The lowest BCUT2D eigenvalue weighted by Crippen LogP contribution is -2.39. The minimum Gasteiger partial charge on any atom is -0.370 e. The zero-order valence-electron chi connectivity index (χ0n) is 10.4. The fourth-order valence-electron chi connectivity index (χ4n) is 2.50. The van der Waals surface area contributed by atoms with E-state index in [1.165, 1.54) is 50.0 Å². The standard InChI is InChI=1S/C12H23N3S.HI/c13-12(15-11-5-1-2-6-11)14-8-10-4-3-7-16-9-10;/h10-11H,1-9H2,(H3,13,14,15);1H. The third-order valence-electron chi connectivity index (χ3n) is 3.48. The van der Waals surface area contributed by atoms with Crippen molar-refractivity contribution in [2.24, 2.45) is 16.6 Å². The van der Waals surface area contributed by atoms with E-state index in [1.807, 2.05) is 0 Å². The first-order valence-electron chi connectivity index (χ1n) is 6.49. The van der Waals surface area contributed by atoms with Crippen LogP contribution in [0.5, 0.6) is 0 Å². The summed E-state index contributed by atoms with van der Waals surface area (Å²) in [7, 11) is 0. The van der Waals surface area contributed by atoms with Crippen LogP contribution in [0.4, 0.5) is 0 Å². The zero-order valence-corrected chi connectivity index (χ0v) is 13.5. The van der Waals surface area contributed by atoms with Crippen molar-refractivity contribution in [1.82, 2.24) is 5.32 Å². The topological polar surface area (TPSA) is 50.4 Å². The first-order valence-corrected chi connectivity index (χ1v) is 7.64. The molecule has 0 radical (unpaired) electrons. The summed E-state index contributed by atoms with van der Waals surface area (Å²) in [5.74, 6) is 4.01. The van der Waals surface area contributed by atoms with Crippen LogP contribution in [0.3, 0.4) is 0 Å². The van der Waals surface area contributed by atoms with E-state index in [0.717, 1.165) is 12.5 Å². The highest BCUT2D eigenvalue weighted by Gasteiger charge is 2.16. The Morgan fingerprint density at radius 1 is 1.24 bits per heavy atom. The molecule has 1 saturated carbocycles. The van der Waals surface area contributed by atoms with Gasteiger partial charge >= 0.3 is 0 Å². The van der Waals surface area contributed by atoms with Gasteiger partial charge in [0.05, 0.1) is 0 Å². The maximum Gasteiger partial charge on any atom is 0.188 e. The second-order valence-corrected chi connectivity index (χ2v) is 6.08. The van der Waals surface area contributed by atoms with Crippen molar-refractivity contribution in [3.8, 4) is 0 Å². The highest BCUT2D eigenvalue weighted by atomic mass is 127. The van der Waals surface area contributed by atoms with Crippen LogP contribution in [-0.2, 0) is 0 Å². The average molecular weight is 369 g/mol. The van der Waals surface area contributed by atoms with Gasteiger partial charge in [-0.05, 0) is 43.1 Å². The van der Waals surface area contributed by atoms with Crippen molar-refractivity contribution >= 4 is 41.7 Å². The van der Waals surface area contributed by atoms with Gasteiger partial charge in [-0.25, -0.2) is 0 Å². The Bertz CT molecular complexity index is 236. The molecule has 0 aromatic rings. The lowest BCUT2D eigenvalue weighted by Gasteiger charge is -2.20. The molecule has 2 aliphatic rings. The highest BCUT2D eigenvalue weighted by Crippen LogP contribution is 2.22. The minimum atomic E-state index is 0. The number of nitrogens with zero attached hydrogens (tertiary/aromatic N) is 1. The van der Waals surface area contributed by atoms with Gasteiger partial charge in [0.25, 0.3) is 0 Å². The van der Waals surface area contributed by atoms with Crippen LogP contribution >= 0.6 is 35.7 Å². The normalized spacial score (nSPS) is 26.6. The summed E-state index contributed by atoms with van der Waals surface area (Å²) in [6.45, 7) is 0.915. The van der Waals surface area contributed by atoms with Crippen LogP contribution in [0, 0.1) is 5.92 Å². The molecular weight excluding hydrogens is 345 g/mol. The molecule has 17 heavy (non-hydrogen) atoms. The molecule has 2 rings (SSSR count). The predicted molar refractivity (Wildman–Crippen MR) is 87.3 cm³/mol. The second kappa shape index (κ2) is 8.45. The lowest BCUT2D eigenvalue weighted by molar-refractivity contribution is 0.532. The van der Waals surface area contributed by atoms with E-state index in [0.29, 0.717) is 12.0 Å². The molecule has 0 bridgehead atoms. The van der Waals surface area contributed by atoms with Gasteiger partial charge in [0.1, 0.15) is 0 Å². The van der Waals surface area contributed by atoms with Crippen molar-refractivity contribution < 1.29 is 0 Å². The van der Waals surface area contributed by atoms with Crippen molar-refractivity contribution in [2.75, 3.05) is 18.1 Å². The lowest BCUT2D eigenvalue weighted by atomic mass is 10.1. The van der Waals surface area contributed by atoms with E-state index in [4.69, 9.17) is 5.73 Å². The Balaban J connectivity index is 0.00000144. The molecule has 1 heterocycles. The van der Waals surface area contributed by atoms with E-state index < -0.39 is 0 Å². The maximum absolute atomic E-state index is 5.90. The molecule has 5 heteroatoms. The van der Waals surface area contributed by atoms with Crippen LogP contribution in [0.2, 0.25) is 0 Å². The van der Waals surface area contributed by atoms with Gasteiger partial charge in [-0.2, -0.15) is 11.8 Å². The molecule has 100 valence electrons. The van der Waals surface area contributed by atoms with Crippen LogP contribution in [-0.4, -0.2) is 30.1 Å². The molecule has 1 aliphatic carbocycles. The van der Waals surface area contributed by atoms with Gasteiger partial charge in [0.2, 0.25) is 0 Å². The minimum absolute atomic E-state index is 0. The van der Waals surface area contributed by atoms with E-state index >= 15 is 0 Å². The number of rotatable bonds is 3. The number of hydrogen-bond donors (Lipinski definition) is 2. The van der Waals surface area contributed by atoms with Gasteiger partial charge in [0, 0.05) is 12.6 Å². The molecule has 1 atom stereocenters. The van der Waals surface area contributed by atoms with E-state index in [2.05, 4.69) is 22.1 Å². The summed E-state index contributed by atoms with van der Waals surface area (Å²) < 4.78 is 0. The number of nitrogens with one attached hydrogen (secondary N) is 1. The fourth-order valence-corrected chi connectivity index (χ4v) is 3.65. The Morgan fingerprint density at radius 3 is 2.65 bits per heavy atom. The molecule has 2 fully saturated rings. The molecule has 3 N–H and O–H groups in total. The molecule has 3 nitrogen and oxygen atoms in total.